The van der Waals surface area contributed by atoms with E-state index in [9.17, 15) is 13.2 Å². The van der Waals surface area contributed by atoms with Gasteiger partial charge in [-0.3, -0.25) is 4.79 Å². The van der Waals surface area contributed by atoms with Gasteiger partial charge in [-0.2, -0.15) is 4.31 Å². The lowest BCUT2D eigenvalue weighted by Crippen LogP contribution is -2.52. The monoisotopic (exact) mass is 416 g/mol. The fraction of sp³-hybridized carbons (Fsp3) is 0.611. The number of hydrogen-bond acceptors (Lipinski definition) is 6. The Balaban J connectivity index is 2.09. The van der Waals surface area contributed by atoms with Crippen LogP contribution in [0.25, 0.3) is 0 Å². The van der Waals surface area contributed by atoms with Crippen molar-refractivity contribution in [2.45, 2.75) is 44.2 Å². The first-order valence-corrected chi connectivity index (χ1v) is 11.5. The van der Waals surface area contributed by atoms with Gasteiger partial charge in [-0.25, -0.2) is 8.42 Å². The topological polar surface area (TPSA) is 84.9 Å². The van der Waals surface area contributed by atoms with E-state index in [0.717, 1.165) is 0 Å². The van der Waals surface area contributed by atoms with E-state index in [2.05, 4.69) is 5.32 Å². The molecule has 0 saturated carbocycles. The highest BCUT2D eigenvalue weighted by Crippen LogP contribution is 2.29. The van der Waals surface area contributed by atoms with E-state index in [1.807, 2.05) is 27.7 Å². The lowest BCUT2D eigenvalue weighted by molar-refractivity contribution is -0.125. The number of hydrogen-bond donors (Lipinski definition) is 1. The summed E-state index contributed by atoms with van der Waals surface area (Å²) in [7, 11) is -3.76. The van der Waals surface area contributed by atoms with Gasteiger partial charge < -0.3 is 14.8 Å². The molecule has 0 aromatic heterocycles. The number of benzene rings is 1. The molecule has 0 spiro atoms. The highest BCUT2D eigenvalue weighted by atomic mass is 32.2. The normalized spacial score (nSPS) is 18.4. The van der Waals surface area contributed by atoms with Gasteiger partial charge in [0.25, 0.3) is 0 Å². The quantitative estimate of drug-likeness (QED) is 0.653. The van der Waals surface area contributed by atoms with Crippen LogP contribution in [0.3, 0.4) is 0 Å². The van der Waals surface area contributed by atoms with Crippen molar-refractivity contribution in [3.05, 3.63) is 24.3 Å². The van der Waals surface area contributed by atoms with Gasteiger partial charge in [-0.1, -0.05) is 0 Å². The molecule has 1 aliphatic rings. The van der Waals surface area contributed by atoms with Crippen LogP contribution in [-0.2, 0) is 19.6 Å². The van der Waals surface area contributed by atoms with Crippen molar-refractivity contribution in [2.24, 2.45) is 0 Å². The SMILES string of the molecule is CCOCCOc1ccc(S(=O)(=O)N2CSCC2C(=O)NC(C)(C)C)cc1. The van der Waals surface area contributed by atoms with Gasteiger partial charge in [-0.05, 0) is 52.0 Å². The molecule has 1 heterocycles. The second kappa shape index (κ2) is 9.27. The van der Waals surface area contributed by atoms with Crippen molar-refractivity contribution < 1.29 is 22.7 Å². The van der Waals surface area contributed by atoms with Gasteiger partial charge in [0.05, 0.1) is 17.4 Å². The second-order valence-corrected chi connectivity index (χ2v) is 10.1. The minimum Gasteiger partial charge on any atom is -0.491 e. The molecule has 1 N–H and O–H groups in total. The number of thioether (sulfide) groups is 1. The maximum Gasteiger partial charge on any atom is 0.244 e. The van der Waals surface area contributed by atoms with E-state index in [1.165, 1.54) is 28.2 Å². The lowest BCUT2D eigenvalue weighted by Gasteiger charge is -2.27. The van der Waals surface area contributed by atoms with E-state index in [-0.39, 0.29) is 16.7 Å². The van der Waals surface area contributed by atoms with Gasteiger partial charge in [0, 0.05) is 17.9 Å². The van der Waals surface area contributed by atoms with Crippen LogP contribution in [0.2, 0.25) is 0 Å². The Morgan fingerprint density at radius 3 is 2.52 bits per heavy atom. The van der Waals surface area contributed by atoms with Crippen LogP contribution in [0.4, 0.5) is 0 Å². The summed E-state index contributed by atoms with van der Waals surface area (Å²) in [6.45, 7) is 9.02. The van der Waals surface area contributed by atoms with Crippen molar-refractivity contribution in [3.8, 4) is 5.75 Å². The summed E-state index contributed by atoms with van der Waals surface area (Å²) in [5, 5.41) is 2.87. The number of rotatable bonds is 8. The highest BCUT2D eigenvalue weighted by molar-refractivity contribution is 8.00. The molecule has 1 aliphatic heterocycles. The van der Waals surface area contributed by atoms with E-state index >= 15 is 0 Å². The molecule has 1 saturated heterocycles. The Hall–Kier alpha value is -1.29. The summed E-state index contributed by atoms with van der Waals surface area (Å²) in [4.78, 5) is 12.7. The number of carbonyl (C=O) groups is 1. The largest absolute Gasteiger partial charge is 0.491 e. The summed E-state index contributed by atoms with van der Waals surface area (Å²) in [5.74, 6) is 1.01. The summed E-state index contributed by atoms with van der Waals surface area (Å²) in [6, 6.07) is 5.54. The average molecular weight is 417 g/mol. The summed E-state index contributed by atoms with van der Waals surface area (Å²) in [6.07, 6.45) is 0. The maximum absolute atomic E-state index is 13.0. The van der Waals surface area contributed by atoms with Gasteiger partial charge in [0.1, 0.15) is 18.4 Å². The molecule has 9 heteroatoms. The molecule has 0 radical (unpaired) electrons. The predicted octanol–water partition coefficient (Wildman–Crippen LogP) is 2.08. The summed E-state index contributed by atoms with van der Waals surface area (Å²) >= 11 is 1.43. The molecular weight excluding hydrogens is 388 g/mol. The fourth-order valence-corrected chi connectivity index (χ4v) is 5.68. The molecule has 1 atom stereocenters. The van der Waals surface area contributed by atoms with Crippen molar-refractivity contribution in [1.29, 1.82) is 0 Å². The zero-order chi connectivity index (χ0) is 20.1. The number of nitrogens with zero attached hydrogens (tertiary/aromatic N) is 1. The number of sulfonamides is 1. The molecule has 27 heavy (non-hydrogen) atoms. The fourth-order valence-electron chi connectivity index (χ4n) is 2.53. The number of nitrogens with one attached hydrogen (secondary N) is 1. The zero-order valence-corrected chi connectivity index (χ0v) is 17.9. The van der Waals surface area contributed by atoms with E-state index in [1.54, 1.807) is 12.1 Å². The third-order valence-corrected chi connectivity index (χ3v) is 6.82. The summed E-state index contributed by atoms with van der Waals surface area (Å²) in [5.41, 5.74) is -0.416. The Bertz CT molecular complexity index is 729. The van der Waals surface area contributed by atoms with Gasteiger partial charge in [-0.15, -0.1) is 11.8 Å². The Kier molecular flexibility index (Phi) is 7.55. The third kappa shape index (κ3) is 6.10. The lowest BCUT2D eigenvalue weighted by atomic mass is 10.1. The standard InChI is InChI=1S/C18H28N2O5S2/c1-5-24-10-11-25-14-6-8-15(9-7-14)27(22,23)20-13-26-12-16(20)17(21)19-18(2,3)4/h6-9,16H,5,10-13H2,1-4H3,(H,19,21). The van der Waals surface area contributed by atoms with Gasteiger partial charge >= 0.3 is 0 Å². The van der Waals surface area contributed by atoms with Crippen molar-refractivity contribution in [3.63, 3.8) is 0 Å². The van der Waals surface area contributed by atoms with E-state index in [0.29, 0.717) is 31.3 Å². The number of ether oxygens (including phenoxy) is 2. The first kappa shape index (κ1) is 22.0. The Labute approximate surface area is 165 Å². The predicted molar refractivity (Wildman–Crippen MR) is 106 cm³/mol. The smallest absolute Gasteiger partial charge is 0.244 e. The molecule has 1 amide bonds. The van der Waals surface area contributed by atoms with E-state index in [4.69, 9.17) is 9.47 Å². The van der Waals surface area contributed by atoms with Crippen molar-refractivity contribution in [1.82, 2.24) is 9.62 Å². The number of amides is 1. The van der Waals surface area contributed by atoms with E-state index < -0.39 is 21.6 Å². The molecule has 2 rings (SSSR count). The summed E-state index contributed by atoms with van der Waals surface area (Å²) < 4.78 is 38.0. The number of carbonyl (C=O) groups excluding carboxylic acids is 1. The maximum atomic E-state index is 13.0. The van der Waals surface area contributed by atoms with Crippen LogP contribution in [0, 0.1) is 0 Å². The molecule has 0 aliphatic carbocycles. The molecular formula is C18H28N2O5S2. The first-order chi connectivity index (χ1) is 12.6. The molecule has 7 nitrogen and oxygen atoms in total. The Morgan fingerprint density at radius 1 is 1.26 bits per heavy atom. The highest BCUT2D eigenvalue weighted by Gasteiger charge is 2.40. The van der Waals surface area contributed by atoms with Crippen LogP contribution < -0.4 is 10.1 Å². The van der Waals surface area contributed by atoms with Gasteiger partial charge in [0.2, 0.25) is 15.9 Å². The molecule has 1 fully saturated rings. The zero-order valence-electron chi connectivity index (χ0n) is 16.2. The Morgan fingerprint density at radius 2 is 1.93 bits per heavy atom. The second-order valence-electron chi connectivity index (χ2n) is 7.16. The third-order valence-electron chi connectivity index (χ3n) is 3.77. The molecule has 1 unspecified atom stereocenters. The van der Waals surface area contributed by atoms with Crippen molar-refractivity contribution in [2.75, 3.05) is 31.5 Å². The first-order valence-electron chi connectivity index (χ1n) is 8.87. The van der Waals surface area contributed by atoms with Crippen LogP contribution >= 0.6 is 11.8 Å². The minimum atomic E-state index is -3.76. The van der Waals surface area contributed by atoms with Crippen LogP contribution in [-0.4, -0.2) is 61.7 Å². The van der Waals surface area contributed by atoms with Gasteiger partial charge in [0.15, 0.2) is 0 Å². The molecule has 1 aromatic rings. The minimum absolute atomic E-state index is 0.149. The molecule has 1 aromatic carbocycles. The van der Waals surface area contributed by atoms with Crippen LogP contribution in [0.15, 0.2) is 29.2 Å². The average Bonchev–Trinajstić information content (AvgIpc) is 3.08. The van der Waals surface area contributed by atoms with Crippen LogP contribution in [0.5, 0.6) is 5.75 Å². The van der Waals surface area contributed by atoms with Crippen LogP contribution in [0.1, 0.15) is 27.7 Å². The molecule has 152 valence electrons. The van der Waals surface area contributed by atoms with Crippen molar-refractivity contribution >= 4 is 27.7 Å². The molecule has 0 bridgehead atoms.